The number of nitrogens with zero attached hydrogens (tertiary/aromatic N) is 2. The van der Waals surface area contributed by atoms with Crippen LogP contribution >= 0.6 is 0 Å². The van der Waals surface area contributed by atoms with Crippen LogP contribution in [-0.2, 0) is 0 Å². The highest BCUT2D eigenvalue weighted by molar-refractivity contribution is 6.07. The summed E-state index contributed by atoms with van der Waals surface area (Å²) in [7, 11) is 0. The van der Waals surface area contributed by atoms with E-state index in [9.17, 15) is 13.6 Å². The number of nitrogen functional groups attached to an aromatic ring is 1. The summed E-state index contributed by atoms with van der Waals surface area (Å²) in [6, 6.07) is 8.30. The molecule has 0 spiro atoms. The summed E-state index contributed by atoms with van der Waals surface area (Å²) in [4.78, 5) is 12.1. The maximum absolute atomic E-state index is 14.1. The maximum atomic E-state index is 14.1. The quantitative estimate of drug-likeness (QED) is 0.762. The first-order valence-corrected chi connectivity index (χ1v) is 7.81. The third kappa shape index (κ3) is 3.13. The number of fused-ring (bicyclic) bond motifs is 1. The van der Waals surface area contributed by atoms with Crippen LogP contribution in [0.2, 0.25) is 0 Å². The SMILES string of the molecule is CCCNC(=O)c1nnc2c(-c3ccc(F)cc3F)cccc2c1N. The van der Waals surface area contributed by atoms with Gasteiger partial charge in [0.25, 0.3) is 5.91 Å². The van der Waals surface area contributed by atoms with Gasteiger partial charge in [-0.15, -0.1) is 10.2 Å². The fourth-order valence-corrected chi connectivity index (χ4v) is 2.57. The molecule has 0 aliphatic heterocycles. The molecule has 25 heavy (non-hydrogen) atoms. The Bertz CT molecular complexity index is 959. The number of hydrogen-bond donors (Lipinski definition) is 2. The van der Waals surface area contributed by atoms with Gasteiger partial charge in [-0.3, -0.25) is 4.79 Å². The van der Waals surface area contributed by atoms with Crippen LogP contribution in [0.1, 0.15) is 23.8 Å². The lowest BCUT2D eigenvalue weighted by Gasteiger charge is -2.11. The number of rotatable bonds is 4. The van der Waals surface area contributed by atoms with Crippen LogP contribution in [0.5, 0.6) is 0 Å². The summed E-state index contributed by atoms with van der Waals surface area (Å²) >= 11 is 0. The second-order valence-electron chi connectivity index (χ2n) is 5.54. The lowest BCUT2D eigenvalue weighted by atomic mass is 10.0. The molecule has 0 saturated carbocycles. The normalized spacial score (nSPS) is 10.8. The minimum atomic E-state index is -0.711. The van der Waals surface area contributed by atoms with Crippen molar-refractivity contribution in [2.24, 2.45) is 0 Å². The standard InChI is InChI=1S/C18H16F2N4O/c1-2-8-22-18(25)17-15(21)13-5-3-4-12(16(13)23-24-17)11-7-6-10(19)9-14(11)20/h3-7,9H,2,8H2,1H3,(H2,21,23)(H,22,25). The first-order chi connectivity index (χ1) is 12.0. The third-order valence-corrected chi connectivity index (χ3v) is 3.80. The number of benzene rings is 2. The van der Waals surface area contributed by atoms with Gasteiger partial charge in [0, 0.05) is 29.1 Å². The highest BCUT2D eigenvalue weighted by atomic mass is 19.1. The summed E-state index contributed by atoms with van der Waals surface area (Å²) in [6.45, 7) is 2.43. The third-order valence-electron chi connectivity index (χ3n) is 3.80. The molecule has 5 nitrogen and oxygen atoms in total. The van der Waals surface area contributed by atoms with E-state index in [0.717, 1.165) is 12.5 Å². The van der Waals surface area contributed by atoms with E-state index in [4.69, 9.17) is 5.73 Å². The van der Waals surface area contributed by atoms with Crippen molar-refractivity contribution in [1.82, 2.24) is 15.5 Å². The average Bonchev–Trinajstić information content (AvgIpc) is 2.60. The van der Waals surface area contributed by atoms with Gasteiger partial charge in [0.2, 0.25) is 0 Å². The van der Waals surface area contributed by atoms with E-state index in [0.29, 0.717) is 23.0 Å². The van der Waals surface area contributed by atoms with Crippen molar-refractivity contribution in [3.8, 4) is 11.1 Å². The van der Waals surface area contributed by atoms with E-state index in [-0.39, 0.29) is 16.9 Å². The van der Waals surface area contributed by atoms with Crippen LogP contribution in [0.4, 0.5) is 14.5 Å². The first kappa shape index (κ1) is 16.8. The van der Waals surface area contributed by atoms with Gasteiger partial charge in [0.05, 0.1) is 5.69 Å². The number of halogens is 2. The van der Waals surface area contributed by atoms with Crippen LogP contribution in [0.15, 0.2) is 36.4 Å². The molecule has 0 radical (unpaired) electrons. The Balaban J connectivity index is 2.14. The van der Waals surface area contributed by atoms with E-state index in [1.54, 1.807) is 18.2 Å². The van der Waals surface area contributed by atoms with Crippen molar-refractivity contribution >= 4 is 22.5 Å². The molecule has 7 heteroatoms. The van der Waals surface area contributed by atoms with Crippen molar-refractivity contribution < 1.29 is 13.6 Å². The molecule has 0 atom stereocenters. The Morgan fingerprint density at radius 3 is 2.68 bits per heavy atom. The molecule has 0 aliphatic rings. The molecule has 0 aliphatic carbocycles. The Morgan fingerprint density at radius 1 is 1.16 bits per heavy atom. The highest BCUT2D eigenvalue weighted by Gasteiger charge is 2.18. The van der Waals surface area contributed by atoms with Gasteiger partial charge in [-0.2, -0.15) is 0 Å². The zero-order chi connectivity index (χ0) is 18.0. The Morgan fingerprint density at radius 2 is 1.96 bits per heavy atom. The number of aromatic nitrogens is 2. The molecule has 3 aromatic rings. The van der Waals surface area contributed by atoms with Gasteiger partial charge in [-0.25, -0.2) is 8.78 Å². The van der Waals surface area contributed by atoms with Crippen LogP contribution in [0, 0.1) is 11.6 Å². The molecule has 0 saturated heterocycles. The largest absolute Gasteiger partial charge is 0.396 e. The summed E-state index contributed by atoms with van der Waals surface area (Å²) in [6.07, 6.45) is 0.778. The molecule has 0 bridgehead atoms. The monoisotopic (exact) mass is 342 g/mol. The molecular formula is C18H16F2N4O. The molecule has 2 aromatic carbocycles. The number of nitrogens with two attached hydrogens (primary N) is 1. The van der Waals surface area contributed by atoms with Gasteiger partial charge in [0.1, 0.15) is 17.2 Å². The molecule has 0 unspecified atom stereocenters. The number of nitrogens with one attached hydrogen (secondary N) is 1. The van der Waals surface area contributed by atoms with E-state index in [2.05, 4.69) is 15.5 Å². The molecule has 128 valence electrons. The zero-order valence-corrected chi connectivity index (χ0v) is 13.5. The lowest BCUT2D eigenvalue weighted by molar-refractivity contribution is 0.0949. The van der Waals surface area contributed by atoms with Crippen molar-refractivity contribution in [3.05, 3.63) is 53.7 Å². The summed E-state index contributed by atoms with van der Waals surface area (Å²) in [5.74, 6) is -1.79. The minimum absolute atomic E-state index is 0.0256. The predicted octanol–water partition coefficient (Wildman–Crippen LogP) is 3.30. The van der Waals surface area contributed by atoms with Gasteiger partial charge in [-0.05, 0) is 18.6 Å². The van der Waals surface area contributed by atoms with Crippen LogP contribution in [0.25, 0.3) is 22.0 Å². The summed E-state index contributed by atoms with van der Waals surface area (Å²) < 4.78 is 27.3. The van der Waals surface area contributed by atoms with Crippen LogP contribution in [-0.4, -0.2) is 22.6 Å². The Kier molecular flexibility index (Phi) is 4.56. The average molecular weight is 342 g/mol. The fraction of sp³-hybridized carbons (Fsp3) is 0.167. The van der Waals surface area contributed by atoms with Gasteiger partial charge in [0.15, 0.2) is 5.69 Å². The highest BCUT2D eigenvalue weighted by Crippen LogP contribution is 2.32. The van der Waals surface area contributed by atoms with Crippen molar-refractivity contribution in [1.29, 1.82) is 0 Å². The maximum Gasteiger partial charge on any atom is 0.273 e. The first-order valence-electron chi connectivity index (χ1n) is 7.81. The lowest BCUT2D eigenvalue weighted by Crippen LogP contribution is -2.26. The molecule has 1 heterocycles. The molecule has 0 fully saturated rings. The molecular weight excluding hydrogens is 326 g/mol. The fourth-order valence-electron chi connectivity index (χ4n) is 2.57. The Labute approximate surface area is 142 Å². The minimum Gasteiger partial charge on any atom is -0.396 e. The van der Waals surface area contributed by atoms with E-state index < -0.39 is 17.5 Å². The van der Waals surface area contributed by atoms with Crippen molar-refractivity contribution in [2.45, 2.75) is 13.3 Å². The summed E-state index contributed by atoms with van der Waals surface area (Å²) in [5.41, 5.74) is 7.23. The number of carbonyl (C=O) groups is 1. The zero-order valence-electron chi connectivity index (χ0n) is 13.5. The number of carbonyl (C=O) groups excluding carboxylic acids is 1. The second-order valence-corrected chi connectivity index (χ2v) is 5.54. The topological polar surface area (TPSA) is 80.9 Å². The second kappa shape index (κ2) is 6.80. The molecule has 3 N–H and O–H groups in total. The van der Waals surface area contributed by atoms with E-state index >= 15 is 0 Å². The number of amides is 1. The van der Waals surface area contributed by atoms with Crippen molar-refractivity contribution in [2.75, 3.05) is 12.3 Å². The smallest absolute Gasteiger partial charge is 0.273 e. The van der Waals surface area contributed by atoms with Crippen LogP contribution < -0.4 is 11.1 Å². The summed E-state index contributed by atoms with van der Waals surface area (Å²) in [5, 5.41) is 11.1. The van der Waals surface area contributed by atoms with Gasteiger partial charge in [-0.1, -0.05) is 25.1 Å². The van der Waals surface area contributed by atoms with E-state index in [1.807, 2.05) is 6.92 Å². The Hall–Kier alpha value is -3.09. The predicted molar refractivity (Wildman–Crippen MR) is 91.9 cm³/mol. The molecule has 3 rings (SSSR count). The van der Waals surface area contributed by atoms with Gasteiger partial charge >= 0.3 is 0 Å². The van der Waals surface area contributed by atoms with Crippen molar-refractivity contribution in [3.63, 3.8) is 0 Å². The number of hydrogen-bond acceptors (Lipinski definition) is 4. The number of anilines is 1. The van der Waals surface area contributed by atoms with E-state index in [1.165, 1.54) is 12.1 Å². The van der Waals surface area contributed by atoms with Gasteiger partial charge < -0.3 is 11.1 Å². The molecule has 1 aromatic heterocycles. The van der Waals surface area contributed by atoms with Crippen LogP contribution in [0.3, 0.4) is 0 Å². The molecule has 1 amide bonds.